The van der Waals surface area contributed by atoms with Crippen molar-refractivity contribution in [2.75, 3.05) is 13.1 Å². The summed E-state index contributed by atoms with van der Waals surface area (Å²) in [6, 6.07) is 0.296. The Hall–Kier alpha value is -0.770. The number of nitrogens with zero attached hydrogens (tertiary/aromatic N) is 2. The molecule has 1 saturated heterocycles. The van der Waals surface area contributed by atoms with Gasteiger partial charge in [0, 0.05) is 19.1 Å². The van der Waals surface area contributed by atoms with E-state index in [0.29, 0.717) is 6.04 Å². The van der Waals surface area contributed by atoms with Gasteiger partial charge in [0.1, 0.15) is 0 Å². The summed E-state index contributed by atoms with van der Waals surface area (Å²) in [6.07, 6.45) is 5.16. The second-order valence-electron chi connectivity index (χ2n) is 4.09. The van der Waals surface area contributed by atoms with Crippen LogP contribution >= 0.6 is 0 Å². The Labute approximate surface area is 86.5 Å². The average Bonchev–Trinajstić information content (AvgIpc) is 2.41. The molecule has 4 heteroatoms. The Morgan fingerprint density at radius 2 is 1.79 bits per heavy atom. The Kier molecular flexibility index (Phi) is 4.73. The van der Waals surface area contributed by atoms with E-state index in [2.05, 4.69) is 29.2 Å². The maximum absolute atomic E-state index is 5.48. The highest BCUT2D eigenvalue weighted by Gasteiger charge is 2.12. The van der Waals surface area contributed by atoms with Gasteiger partial charge in [-0.15, -0.1) is 0 Å². The first-order chi connectivity index (χ1) is 6.74. The molecule has 1 aliphatic heterocycles. The first-order valence-corrected chi connectivity index (χ1v) is 5.53. The fraction of sp³-hybridized carbons (Fsp3) is 0.900. The predicted molar refractivity (Wildman–Crippen MR) is 59.9 cm³/mol. The summed E-state index contributed by atoms with van der Waals surface area (Å²) in [5, 5.41) is 0. The molecular weight excluding hydrogens is 176 g/mol. The number of aliphatic imine (C=N–C) groups is 1. The molecule has 0 saturated carbocycles. The molecule has 0 amide bonds. The summed E-state index contributed by atoms with van der Waals surface area (Å²) in [7, 11) is 0. The topological polar surface area (TPSA) is 53.6 Å². The monoisotopic (exact) mass is 198 g/mol. The van der Waals surface area contributed by atoms with Crippen molar-refractivity contribution < 1.29 is 0 Å². The van der Waals surface area contributed by atoms with Gasteiger partial charge in [0.15, 0.2) is 0 Å². The molecule has 3 N–H and O–H groups in total. The van der Waals surface area contributed by atoms with E-state index in [1.807, 2.05) is 0 Å². The van der Waals surface area contributed by atoms with Crippen LogP contribution in [0.5, 0.6) is 0 Å². The maximum atomic E-state index is 5.48. The van der Waals surface area contributed by atoms with E-state index in [1.165, 1.54) is 25.7 Å². The highest BCUT2D eigenvalue weighted by molar-refractivity contribution is 5.79. The molecule has 1 heterocycles. The van der Waals surface area contributed by atoms with Gasteiger partial charge < -0.3 is 4.90 Å². The molecule has 4 nitrogen and oxygen atoms in total. The van der Waals surface area contributed by atoms with Gasteiger partial charge in [-0.25, -0.2) is 10.8 Å². The predicted octanol–water partition coefficient (Wildman–Crippen LogP) is 1.09. The van der Waals surface area contributed by atoms with Gasteiger partial charge in [-0.3, -0.25) is 5.43 Å². The fourth-order valence-corrected chi connectivity index (χ4v) is 1.74. The second-order valence-corrected chi connectivity index (χ2v) is 4.09. The van der Waals surface area contributed by atoms with Crippen molar-refractivity contribution in [1.29, 1.82) is 0 Å². The van der Waals surface area contributed by atoms with Crippen molar-refractivity contribution in [3.63, 3.8) is 0 Å². The van der Waals surface area contributed by atoms with E-state index in [0.717, 1.165) is 19.0 Å². The average molecular weight is 198 g/mol. The van der Waals surface area contributed by atoms with Crippen LogP contribution in [0.2, 0.25) is 0 Å². The molecule has 82 valence electrons. The molecule has 0 spiro atoms. The van der Waals surface area contributed by atoms with Gasteiger partial charge in [-0.2, -0.15) is 0 Å². The highest BCUT2D eigenvalue weighted by Crippen LogP contribution is 2.09. The Morgan fingerprint density at radius 1 is 1.21 bits per heavy atom. The summed E-state index contributed by atoms with van der Waals surface area (Å²) < 4.78 is 0. The number of hydrazine groups is 1. The van der Waals surface area contributed by atoms with Crippen molar-refractivity contribution in [1.82, 2.24) is 10.3 Å². The van der Waals surface area contributed by atoms with Crippen molar-refractivity contribution in [3.8, 4) is 0 Å². The zero-order valence-electron chi connectivity index (χ0n) is 9.29. The van der Waals surface area contributed by atoms with Gasteiger partial charge in [-0.05, 0) is 26.7 Å². The third-order valence-corrected chi connectivity index (χ3v) is 2.42. The van der Waals surface area contributed by atoms with Gasteiger partial charge in [0.2, 0.25) is 5.96 Å². The number of likely N-dealkylation sites (tertiary alicyclic amines) is 1. The van der Waals surface area contributed by atoms with Crippen LogP contribution in [0.3, 0.4) is 0 Å². The summed E-state index contributed by atoms with van der Waals surface area (Å²) in [5.74, 6) is 6.33. The Balaban J connectivity index is 2.57. The normalized spacial score (nSPS) is 19.7. The van der Waals surface area contributed by atoms with Crippen LogP contribution < -0.4 is 11.3 Å². The lowest BCUT2D eigenvalue weighted by Crippen LogP contribution is -2.45. The number of guanidine groups is 1. The van der Waals surface area contributed by atoms with Gasteiger partial charge >= 0.3 is 0 Å². The molecule has 0 radical (unpaired) electrons. The largest absolute Gasteiger partial charge is 0.342 e. The van der Waals surface area contributed by atoms with Crippen LogP contribution in [0.15, 0.2) is 4.99 Å². The van der Waals surface area contributed by atoms with E-state index < -0.39 is 0 Å². The van der Waals surface area contributed by atoms with Crippen molar-refractivity contribution in [3.05, 3.63) is 0 Å². The minimum Gasteiger partial charge on any atom is -0.342 e. The molecule has 0 aliphatic carbocycles. The van der Waals surface area contributed by atoms with Crippen molar-refractivity contribution >= 4 is 5.96 Å². The number of nitrogens with two attached hydrogens (primary N) is 1. The first kappa shape index (κ1) is 11.3. The molecule has 0 bridgehead atoms. The summed E-state index contributed by atoms with van der Waals surface area (Å²) >= 11 is 0. The number of hydrogen-bond donors (Lipinski definition) is 2. The van der Waals surface area contributed by atoms with Crippen LogP contribution in [0.1, 0.15) is 39.5 Å². The van der Waals surface area contributed by atoms with E-state index in [-0.39, 0.29) is 0 Å². The quantitative estimate of drug-likeness (QED) is 0.287. The molecule has 14 heavy (non-hydrogen) atoms. The van der Waals surface area contributed by atoms with Crippen molar-refractivity contribution in [2.24, 2.45) is 10.8 Å². The highest BCUT2D eigenvalue weighted by atomic mass is 15.4. The van der Waals surface area contributed by atoms with Gasteiger partial charge in [0.05, 0.1) is 0 Å². The van der Waals surface area contributed by atoms with E-state index in [4.69, 9.17) is 5.84 Å². The third kappa shape index (κ3) is 3.54. The third-order valence-electron chi connectivity index (χ3n) is 2.42. The van der Waals surface area contributed by atoms with Gasteiger partial charge in [-0.1, -0.05) is 12.8 Å². The summed E-state index contributed by atoms with van der Waals surface area (Å²) in [5.41, 5.74) is 2.71. The molecule has 0 unspecified atom stereocenters. The number of hydrogen-bond acceptors (Lipinski definition) is 2. The number of nitrogens with one attached hydrogen (secondary N) is 1. The SMILES string of the molecule is CC(C)N=C(NN)N1CCCCCC1. The molecule has 1 rings (SSSR count). The van der Waals surface area contributed by atoms with Crippen LogP contribution in [0, 0.1) is 0 Å². The Morgan fingerprint density at radius 3 is 2.21 bits per heavy atom. The van der Waals surface area contributed by atoms with Crippen molar-refractivity contribution in [2.45, 2.75) is 45.6 Å². The lowest BCUT2D eigenvalue weighted by atomic mass is 10.2. The molecule has 1 fully saturated rings. The lowest BCUT2D eigenvalue weighted by molar-refractivity contribution is 0.415. The minimum atomic E-state index is 0.296. The van der Waals surface area contributed by atoms with Crippen LogP contribution in [0.25, 0.3) is 0 Å². The zero-order valence-corrected chi connectivity index (χ0v) is 9.29. The van der Waals surface area contributed by atoms with Crippen LogP contribution in [-0.2, 0) is 0 Å². The smallest absolute Gasteiger partial charge is 0.208 e. The van der Waals surface area contributed by atoms with E-state index >= 15 is 0 Å². The molecule has 1 aliphatic rings. The fourth-order valence-electron chi connectivity index (χ4n) is 1.74. The maximum Gasteiger partial charge on any atom is 0.208 e. The minimum absolute atomic E-state index is 0.296. The van der Waals surface area contributed by atoms with Crippen LogP contribution in [0.4, 0.5) is 0 Å². The Bertz CT molecular complexity index is 181. The standard InChI is InChI=1S/C10H22N4/c1-9(2)12-10(13-11)14-7-5-3-4-6-8-14/h9H,3-8,11H2,1-2H3,(H,12,13). The molecule has 0 aromatic heterocycles. The summed E-state index contributed by atoms with van der Waals surface area (Å²) in [4.78, 5) is 6.72. The molecule has 0 atom stereocenters. The van der Waals surface area contributed by atoms with E-state index in [1.54, 1.807) is 0 Å². The molecule has 0 aromatic carbocycles. The van der Waals surface area contributed by atoms with Gasteiger partial charge in [0.25, 0.3) is 0 Å². The van der Waals surface area contributed by atoms with Crippen LogP contribution in [-0.4, -0.2) is 30.0 Å². The van der Waals surface area contributed by atoms with E-state index in [9.17, 15) is 0 Å². The molecular formula is C10H22N4. The first-order valence-electron chi connectivity index (χ1n) is 5.53. The number of rotatable bonds is 1. The lowest BCUT2D eigenvalue weighted by Gasteiger charge is -2.24. The second kappa shape index (κ2) is 5.86. The molecule has 0 aromatic rings. The summed E-state index contributed by atoms with van der Waals surface area (Å²) in [6.45, 7) is 6.29. The zero-order chi connectivity index (χ0) is 10.4.